The van der Waals surface area contributed by atoms with Crippen molar-refractivity contribution in [2.24, 2.45) is 0 Å². The molecule has 0 aliphatic rings. The molecule has 0 aliphatic heterocycles. The van der Waals surface area contributed by atoms with E-state index in [4.69, 9.17) is 9.26 Å². The van der Waals surface area contributed by atoms with E-state index in [2.05, 4.69) is 10.1 Å². The van der Waals surface area contributed by atoms with Crippen LogP contribution in [-0.4, -0.2) is 15.1 Å². The minimum Gasteiger partial charge on any atom is -0.489 e. The number of ether oxygens (including phenoxy) is 1. The molecule has 0 atom stereocenters. The lowest BCUT2D eigenvalue weighted by Crippen LogP contribution is -1.96. The van der Waals surface area contributed by atoms with E-state index in [1.807, 2.05) is 24.3 Å². The number of hydrogen-bond donors (Lipinski definition) is 0. The molecule has 23 heavy (non-hydrogen) atoms. The molecule has 3 rings (SSSR count). The lowest BCUT2D eigenvalue weighted by atomic mass is 10.2. The average Bonchev–Trinajstić information content (AvgIpc) is 3.00. The van der Waals surface area contributed by atoms with Crippen LogP contribution in [0.5, 0.6) is 5.75 Å². The van der Waals surface area contributed by atoms with Gasteiger partial charge in [-0.15, -0.1) is 0 Å². The number of benzene rings is 2. The average molecular weight is 311 g/mol. The van der Waals surface area contributed by atoms with Crippen molar-refractivity contribution in [2.45, 2.75) is 13.5 Å². The van der Waals surface area contributed by atoms with Crippen molar-refractivity contribution >= 4 is 5.69 Å². The highest BCUT2D eigenvalue weighted by Gasteiger charge is 2.07. The molecule has 0 fully saturated rings. The van der Waals surface area contributed by atoms with E-state index in [1.54, 1.807) is 19.1 Å². The van der Waals surface area contributed by atoms with Crippen molar-refractivity contribution in [3.05, 3.63) is 70.1 Å². The summed E-state index contributed by atoms with van der Waals surface area (Å²) in [4.78, 5) is 14.4. The van der Waals surface area contributed by atoms with Gasteiger partial charge in [0.15, 0.2) is 0 Å². The predicted octanol–water partition coefficient (Wildman–Crippen LogP) is 3.53. The number of hydrogen-bond acceptors (Lipinski definition) is 6. The Morgan fingerprint density at radius 1 is 1.22 bits per heavy atom. The summed E-state index contributed by atoms with van der Waals surface area (Å²) in [6, 6.07) is 13.6. The molecule has 0 saturated carbocycles. The Kier molecular flexibility index (Phi) is 4.01. The topological polar surface area (TPSA) is 91.3 Å². The van der Waals surface area contributed by atoms with Crippen LogP contribution in [0.3, 0.4) is 0 Å². The third-order valence-corrected chi connectivity index (χ3v) is 3.17. The maximum absolute atomic E-state index is 10.6. The van der Waals surface area contributed by atoms with Crippen LogP contribution in [0.2, 0.25) is 0 Å². The van der Waals surface area contributed by atoms with E-state index in [-0.39, 0.29) is 5.69 Å². The molecule has 2 aromatic carbocycles. The smallest absolute Gasteiger partial charge is 0.269 e. The van der Waals surface area contributed by atoms with E-state index >= 15 is 0 Å². The maximum Gasteiger partial charge on any atom is 0.269 e. The van der Waals surface area contributed by atoms with Crippen molar-refractivity contribution < 1.29 is 14.2 Å². The van der Waals surface area contributed by atoms with Gasteiger partial charge in [0.05, 0.1) is 4.92 Å². The molecule has 0 spiro atoms. The third-order valence-electron chi connectivity index (χ3n) is 3.17. The number of nitro benzene ring substituents is 1. The highest BCUT2D eigenvalue weighted by atomic mass is 16.6. The Hall–Kier alpha value is -3.22. The monoisotopic (exact) mass is 311 g/mol. The Labute approximate surface area is 131 Å². The molecule has 7 nitrogen and oxygen atoms in total. The Morgan fingerprint density at radius 3 is 2.65 bits per heavy atom. The van der Waals surface area contributed by atoms with Crippen LogP contribution in [0, 0.1) is 17.0 Å². The molecule has 0 aliphatic carbocycles. The van der Waals surface area contributed by atoms with E-state index < -0.39 is 4.92 Å². The second-order valence-corrected chi connectivity index (χ2v) is 4.88. The fraction of sp³-hybridized carbons (Fsp3) is 0.125. The largest absolute Gasteiger partial charge is 0.489 e. The summed E-state index contributed by atoms with van der Waals surface area (Å²) in [7, 11) is 0. The number of aryl methyl sites for hydroxylation is 1. The summed E-state index contributed by atoms with van der Waals surface area (Å²) in [5, 5.41) is 14.5. The molecule has 7 heteroatoms. The number of nitro groups is 1. The zero-order valence-corrected chi connectivity index (χ0v) is 12.3. The van der Waals surface area contributed by atoms with E-state index in [1.165, 1.54) is 12.1 Å². The first-order chi connectivity index (χ1) is 11.1. The summed E-state index contributed by atoms with van der Waals surface area (Å²) in [5.41, 5.74) is 1.70. The molecule has 0 saturated heterocycles. The first kappa shape index (κ1) is 14.7. The summed E-state index contributed by atoms with van der Waals surface area (Å²) >= 11 is 0. The number of non-ortho nitro benzene ring substituents is 1. The van der Waals surface area contributed by atoms with Crippen LogP contribution >= 0.6 is 0 Å². The van der Waals surface area contributed by atoms with Crippen LogP contribution in [0.15, 0.2) is 53.1 Å². The molecule has 3 aromatic rings. The molecule has 0 amide bonds. The van der Waals surface area contributed by atoms with Crippen molar-refractivity contribution in [3.8, 4) is 17.1 Å². The van der Waals surface area contributed by atoms with Crippen molar-refractivity contribution in [3.63, 3.8) is 0 Å². The van der Waals surface area contributed by atoms with Gasteiger partial charge in [-0.2, -0.15) is 4.98 Å². The fourth-order valence-corrected chi connectivity index (χ4v) is 2.02. The lowest BCUT2D eigenvalue weighted by Gasteiger charge is -2.07. The van der Waals surface area contributed by atoms with Crippen LogP contribution < -0.4 is 4.74 Å². The van der Waals surface area contributed by atoms with E-state index in [9.17, 15) is 10.1 Å². The summed E-state index contributed by atoms with van der Waals surface area (Å²) < 4.78 is 10.7. The second-order valence-electron chi connectivity index (χ2n) is 4.88. The van der Waals surface area contributed by atoms with Gasteiger partial charge in [-0.05, 0) is 29.8 Å². The van der Waals surface area contributed by atoms with Crippen LogP contribution in [-0.2, 0) is 6.61 Å². The minimum absolute atomic E-state index is 0.0585. The standard InChI is InChI=1S/C16H13N3O4/c1-11-17-16(18-23-11)13-3-2-4-15(9-13)22-10-12-5-7-14(8-6-12)19(20)21/h2-9H,10H2,1H3. The van der Waals surface area contributed by atoms with Gasteiger partial charge in [-0.25, -0.2) is 0 Å². The molecule has 0 N–H and O–H groups in total. The van der Waals surface area contributed by atoms with Gasteiger partial charge in [0.2, 0.25) is 11.7 Å². The molecular formula is C16H13N3O4. The van der Waals surface area contributed by atoms with Gasteiger partial charge in [0.25, 0.3) is 5.69 Å². The Morgan fingerprint density at radius 2 is 2.00 bits per heavy atom. The lowest BCUT2D eigenvalue weighted by molar-refractivity contribution is -0.384. The summed E-state index contributed by atoms with van der Waals surface area (Å²) in [6.45, 7) is 2.04. The molecule has 1 heterocycles. The zero-order valence-electron chi connectivity index (χ0n) is 12.3. The first-order valence-corrected chi connectivity index (χ1v) is 6.89. The number of aromatic nitrogens is 2. The van der Waals surface area contributed by atoms with Crippen molar-refractivity contribution in [1.29, 1.82) is 0 Å². The third kappa shape index (κ3) is 3.52. The van der Waals surface area contributed by atoms with Gasteiger partial charge in [-0.1, -0.05) is 17.3 Å². The van der Waals surface area contributed by atoms with Gasteiger partial charge < -0.3 is 9.26 Å². The maximum atomic E-state index is 10.6. The van der Waals surface area contributed by atoms with Crippen LogP contribution in [0.4, 0.5) is 5.69 Å². The van der Waals surface area contributed by atoms with Gasteiger partial charge in [-0.3, -0.25) is 10.1 Å². The summed E-state index contributed by atoms with van der Waals surface area (Å²) in [6.07, 6.45) is 0. The fourth-order valence-electron chi connectivity index (χ4n) is 2.02. The highest BCUT2D eigenvalue weighted by molar-refractivity contribution is 5.56. The van der Waals surface area contributed by atoms with E-state index in [0.29, 0.717) is 24.1 Å². The van der Waals surface area contributed by atoms with Gasteiger partial charge in [0.1, 0.15) is 12.4 Å². The molecule has 116 valence electrons. The van der Waals surface area contributed by atoms with E-state index in [0.717, 1.165) is 11.1 Å². The van der Waals surface area contributed by atoms with Crippen molar-refractivity contribution in [2.75, 3.05) is 0 Å². The quantitative estimate of drug-likeness (QED) is 0.528. The van der Waals surface area contributed by atoms with Crippen LogP contribution in [0.1, 0.15) is 11.5 Å². The first-order valence-electron chi connectivity index (χ1n) is 6.89. The normalized spacial score (nSPS) is 10.5. The highest BCUT2D eigenvalue weighted by Crippen LogP contribution is 2.22. The molecule has 0 radical (unpaired) electrons. The number of rotatable bonds is 5. The SMILES string of the molecule is Cc1nc(-c2cccc(OCc3ccc([N+](=O)[O-])cc3)c2)no1. The molecule has 0 unspecified atom stereocenters. The zero-order chi connectivity index (χ0) is 16.2. The molecule has 1 aromatic heterocycles. The van der Waals surface area contributed by atoms with Gasteiger partial charge >= 0.3 is 0 Å². The Balaban J connectivity index is 1.69. The second kappa shape index (κ2) is 6.27. The summed E-state index contributed by atoms with van der Waals surface area (Å²) in [5.74, 6) is 1.66. The number of nitrogens with zero attached hydrogens (tertiary/aromatic N) is 3. The predicted molar refractivity (Wildman–Crippen MR) is 81.9 cm³/mol. The minimum atomic E-state index is -0.430. The molecular weight excluding hydrogens is 298 g/mol. The van der Waals surface area contributed by atoms with Gasteiger partial charge in [0, 0.05) is 24.6 Å². The van der Waals surface area contributed by atoms with Crippen LogP contribution in [0.25, 0.3) is 11.4 Å². The Bertz CT molecular complexity index is 827. The van der Waals surface area contributed by atoms with Crippen molar-refractivity contribution in [1.82, 2.24) is 10.1 Å². The molecule has 0 bridgehead atoms.